The van der Waals surface area contributed by atoms with Gasteiger partial charge in [-0.1, -0.05) is 12.1 Å². The van der Waals surface area contributed by atoms with Gasteiger partial charge in [-0.05, 0) is 24.3 Å². The highest BCUT2D eigenvalue weighted by molar-refractivity contribution is 5.87. The van der Waals surface area contributed by atoms with Crippen molar-refractivity contribution < 1.29 is 14.6 Å². The monoisotopic (exact) mass is 244 g/mol. The third kappa shape index (κ3) is 2.57. The Morgan fingerprint density at radius 1 is 1.28 bits per heavy atom. The number of aromatic nitrogens is 1. The molecule has 1 aromatic heterocycles. The average molecular weight is 244 g/mol. The van der Waals surface area contributed by atoms with Crippen LogP contribution in [0.2, 0.25) is 0 Å². The smallest absolute Gasteiger partial charge is 0.337 e. The van der Waals surface area contributed by atoms with E-state index in [2.05, 4.69) is 10.3 Å². The van der Waals surface area contributed by atoms with Crippen LogP contribution in [0.25, 0.3) is 0 Å². The van der Waals surface area contributed by atoms with Crippen molar-refractivity contribution in [1.82, 2.24) is 4.98 Å². The fraction of sp³-hybridized carbons (Fsp3) is 0.0769. The van der Waals surface area contributed by atoms with E-state index in [1.54, 1.807) is 13.2 Å². The summed E-state index contributed by atoms with van der Waals surface area (Å²) in [4.78, 5) is 14.7. The van der Waals surface area contributed by atoms with Crippen LogP contribution < -0.4 is 10.1 Å². The fourth-order valence-electron chi connectivity index (χ4n) is 1.48. The lowest BCUT2D eigenvalue weighted by molar-refractivity contribution is 0.0696. The summed E-state index contributed by atoms with van der Waals surface area (Å²) >= 11 is 0. The predicted molar refractivity (Wildman–Crippen MR) is 67.5 cm³/mol. The minimum Gasteiger partial charge on any atom is -0.495 e. The van der Waals surface area contributed by atoms with Gasteiger partial charge < -0.3 is 15.2 Å². The molecule has 0 unspecified atom stereocenters. The second kappa shape index (κ2) is 5.18. The van der Waals surface area contributed by atoms with E-state index in [0.29, 0.717) is 11.6 Å². The van der Waals surface area contributed by atoms with Crippen LogP contribution in [0, 0.1) is 0 Å². The van der Waals surface area contributed by atoms with Crippen molar-refractivity contribution in [2.75, 3.05) is 12.4 Å². The van der Waals surface area contributed by atoms with Gasteiger partial charge in [0.1, 0.15) is 11.6 Å². The quantitative estimate of drug-likeness (QED) is 0.864. The largest absolute Gasteiger partial charge is 0.495 e. The summed E-state index contributed by atoms with van der Waals surface area (Å²) in [5.74, 6) is 0.262. The number of benzene rings is 1. The van der Waals surface area contributed by atoms with E-state index in [9.17, 15) is 4.79 Å². The summed E-state index contributed by atoms with van der Waals surface area (Å²) in [6.07, 6.45) is 1.31. The van der Waals surface area contributed by atoms with Crippen molar-refractivity contribution in [2.24, 2.45) is 0 Å². The highest BCUT2D eigenvalue weighted by Gasteiger charge is 2.05. The second-order valence-electron chi connectivity index (χ2n) is 3.56. The molecule has 0 atom stereocenters. The summed E-state index contributed by atoms with van der Waals surface area (Å²) in [5.41, 5.74) is 0.927. The number of carboxylic acids is 1. The Hall–Kier alpha value is -2.56. The highest BCUT2D eigenvalue weighted by Crippen LogP contribution is 2.25. The van der Waals surface area contributed by atoms with Gasteiger partial charge >= 0.3 is 5.97 Å². The zero-order chi connectivity index (χ0) is 13.0. The molecule has 0 radical (unpaired) electrons. The van der Waals surface area contributed by atoms with Crippen LogP contribution in [0.4, 0.5) is 11.5 Å². The van der Waals surface area contributed by atoms with Gasteiger partial charge in [-0.15, -0.1) is 0 Å². The highest BCUT2D eigenvalue weighted by atomic mass is 16.5. The lowest BCUT2D eigenvalue weighted by Crippen LogP contribution is -2.00. The number of hydrogen-bond donors (Lipinski definition) is 2. The van der Waals surface area contributed by atoms with Crippen molar-refractivity contribution >= 4 is 17.5 Å². The Bertz CT molecular complexity index is 552. The molecule has 2 aromatic rings. The first-order valence-corrected chi connectivity index (χ1v) is 5.30. The maximum Gasteiger partial charge on any atom is 0.337 e. The molecule has 1 aromatic carbocycles. The molecular weight excluding hydrogens is 232 g/mol. The number of nitrogens with one attached hydrogen (secondary N) is 1. The molecule has 0 aliphatic rings. The number of aromatic carboxylic acids is 1. The summed E-state index contributed by atoms with van der Waals surface area (Å²) < 4.78 is 5.20. The first-order chi connectivity index (χ1) is 8.70. The van der Waals surface area contributed by atoms with Gasteiger partial charge in [0.2, 0.25) is 0 Å². The number of methoxy groups -OCH3 is 1. The summed E-state index contributed by atoms with van der Waals surface area (Å²) in [5, 5.41) is 11.8. The lowest BCUT2D eigenvalue weighted by Gasteiger charge is -2.09. The van der Waals surface area contributed by atoms with Gasteiger partial charge in [0, 0.05) is 6.20 Å². The molecule has 0 amide bonds. The zero-order valence-corrected chi connectivity index (χ0v) is 9.75. The van der Waals surface area contributed by atoms with Crippen LogP contribution in [0.15, 0.2) is 42.6 Å². The molecule has 0 spiro atoms. The molecule has 0 saturated heterocycles. The van der Waals surface area contributed by atoms with Crippen molar-refractivity contribution in [3.8, 4) is 5.75 Å². The molecule has 0 fully saturated rings. The topological polar surface area (TPSA) is 71.5 Å². The van der Waals surface area contributed by atoms with Crippen LogP contribution in [0.5, 0.6) is 5.75 Å². The second-order valence-corrected chi connectivity index (χ2v) is 3.56. The fourth-order valence-corrected chi connectivity index (χ4v) is 1.48. The van der Waals surface area contributed by atoms with Gasteiger partial charge in [-0.3, -0.25) is 0 Å². The predicted octanol–water partition coefficient (Wildman–Crippen LogP) is 2.53. The summed E-state index contributed by atoms with van der Waals surface area (Å²) in [6.45, 7) is 0. The van der Waals surface area contributed by atoms with E-state index in [1.807, 2.05) is 24.3 Å². The Labute approximate surface area is 104 Å². The van der Waals surface area contributed by atoms with Crippen LogP contribution >= 0.6 is 0 Å². The lowest BCUT2D eigenvalue weighted by atomic mass is 10.2. The Morgan fingerprint density at radius 3 is 2.67 bits per heavy atom. The van der Waals surface area contributed by atoms with E-state index in [-0.39, 0.29) is 5.56 Å². The Morgan fingerprint density at radius 2 is 2.06 bits per heavy atom. The van der Waals surface area contributed by atoms with E-state index in [1.165, 1.54) is 12.3 Å². The minimum absolute atomic E-state index is 0.153. The first-order valence-electron chi connectivity index (χ1n) is 5.30. The molecule has 1 heterocycles. The van der Waals surface area contributed by atoms with Crippen molar-refractivity contribution in [3.63, 3.8) is 0 Å². The number of hydrogen-bond acceptors (Lipinski definition) is 4. The molecule has 0 aliphatic heterocycles. The van der Waals surface area contributed by atoms with E-state index < -0.39 is 5.97 Å². The van der Waals surface area contributed by atoms with E-state index in [0.717, 1.165) is 5.69 Å². The van der Waals surface area contributed by atoms with Crippen LogP contribution in [0.3, 0.4) is 0 Å². The average Bonchev–Trinajstić information content (AvgIpc) is 2.40. The molecule has 0 aliphatic carbocycles. The molecule has 0 bridgehead atoms. The van der Waals surface area contributed by atoms with Gasteiger partial charge in [0.15, 0.2) is 0 Å². The van der Waals surface area contributed by atoms with Gasteiger partial charge in [-0.25, -0.2) is 9.78 Å². The number of nitrogens with zero attached hydrogens (tertiary/aromatic N) is 1. The van der Waals surface area contributed by atoms with E-state index in [4.69, 9.17) is 9.84 Å². The molecule has 5 heteroatoms. The standard InChI is InChI=1S/C13H12N2O3/c1-18-11-5-3-2-4-10(11)15-12-7-6-9(8-14-12)13(16)17/h2-8H,1H3,(H,14,15)(H,16,17). The first kappa shape index (κ1) is 11.9. The molecule has 5 nitrogen and oxygen atoms in total. The SMILES string of the molecule is COc1ccccc1Nc1ccc(C(=O)O)cn1. The van der Waals surface area contributed by atoms with Crippen LogP contribution in [0.1, 0.15) is 10.4 Å². The van der Waals surface area contributed by atoms with Crippen LogP contribution in [-0.2, 0) is 0 Å². The summed E-state index contributed by atoms with van der Waals surface area (Å²) in [7, 11) is 1.58. The van der Waals surface area contributed by atoms with Gasteiger partial charge in [-0.2, -0.15) is 0 Å². The van der Waals surface area contributed by atoms with Crippen molar-refractivity contribution in [3.05, 3.63) is 48.2 Å². The molecular formula is C13H12N2O3. The number of pyridine rings is 1. The molecule has 2 N–H and O–H groups in total. The number of anilines is 2. The minimum atomic E-state index is -0.994. The molecule has 92 valence electrons. The van der Waals surface area contributed by atoms with Gasteiger partial charge in [0.05, 0.1) is 18.4 Å². The summed E-state index contributed by atoms with van der Waals surface area (Å²) in [6, 6.07) is 10.5. The molecule has 18 heavy (non-hydrogen) atoms. The van der Waals surface area contributed by atoms with E-state index >= 15 is 0 Å². The number of ether oxygens (including phenoxy) is 1. The van der Waals surface area contributed by atoms with Crippen LogP contribution in [-0.4, -0.2) is 23.2 Å². The maximum absolute atomic E-state index is 10.7. The number of carboxylic acid groups (broad SMARTS) is 1. The maximum atomic E-state index is 10.7. The third-order valence-electron chi connectivity index (χ3n) is 2.38. The Balaban J connectivity index is 2.21. The van der Waals surface area contributed by atoms with Crippen molar-refractivity contribution in [2.45, 2.75) is 0 Å². The number of rotatable bonds is 4. The van der Waals surface area contributed by atoms with Gasteiger partial charge in [0.25, 0.3) is 0 Å². The third-order valence-corrected chi connectivity index (χ3v) is 2.38. The molecule has 0 saturated carbocycles. The Kier molecular flexibility index (Phi) is 3.43. The van der Waals surface area contributed by atoms with Crippen molar-refractivity contribution in [1.29, 1.82) is 0 Å². The zero-order valence-electron chi connectivity index (χ0n) is 9.75. The number of carbonyl (C=O) groups is 1. The number of para-hydroxylation sites is 2. The normalized spacial score (nSPS) is 9.83. The molecule has 2 rings (SSSR count).